The zero-order chi connectivity index (χ0) is 13.5. The van der Waals surface area contributed by atoms with Gasteiger partial charge in [0.05, 0.1) is 13.2 Å². The Morgan fingerprint density at radius 3 is 2.65 bits per heavy atom. The summed E-state index contributed by atoms with van der Waals surface area (Å²) in [5.41, 5.74) is 0. The van der Waals surface area contributed by atoms with Crippen molar-refractivity contribution in [3.8, 4) is 0 Å². The highest BCUT2D eigenvalue weighted by Crippen LogP contribution is 2.04. The number of halogens is 1. The Morgan fingerprint density at radius 1 is 1.25 bits per heavy atom. The largest absolute Gasteiger partial charge is 0.378 e. The lowest BCUT2D eigenvalue weighted by molar-refractivity contribution is -0.137. The van der Waals surface area contributed by atoms with Crippen LogP contribution in [0.3, 0.4) is 0 Å². The minimum absolute atomic E-state index is 0. The van der Waals surface area contributed by atoms with Crippen LogP contribution in [0.5, 0.6) is 0 Å². The molecule has 2 amide bonds. The van der Waals surface area contributed by atoms with Gasteiger partial charge in [0.1, 0.15) is 0 Å². The van der Waals surface area contributed by atoms with Gasteiger partial charge >= 0.3 is 0 Å². The Hall–Kier alpha value is -0.850. The van der Waals surface area contributed by atoms with Crippen molar-refractivity contribution in [2.24, 2.45) is 0 Å². The molecule has 20 heavy (non-hydrogen) atoms. The molecule has 0 aromatic heterocycles. The summed E-state index contributed by atoms with van der Waals surface area (Å²) in [6.07, 6.45) is 2.87. The van der Waals surface area contributed by atoms with E-state index in [-0.39, 0.29) is 30.6 Å². The second-order valence-electron chi connectivity index (χ2n) is 5.09. The molecule has 2 aliphatic rings. The van der Waals surface area contributed by atoms with Crippen LogP contribution < -0.4 is 10.6 Å². The molecule has 0 aromatic carbocycles. The molecule has 1 unspecified atom stereocenters. The zero-order valence-corrected chi connectivity index (χ0v) is 12.5. The lowest BCUT2D eigenvalue weighted by atomic mass is 10.2. The van der Waals surface area contributed by atoms with E-state index >= 15 is 0 Å². The molecule has 0 aliphatic carbocycles. The maximum absolute atomic E-state index is 11.8. The molecule has 0 spiro atoms. The molecule has 2 rings (SSSR count). The molecule has 7 heteroatoms. The van der Waals surface area contributed by atoms with E-state index in [0.29, 0.717) is 45.3 Å². The molecular weight excluding hydrogens is 282 g/mol. The molecular formula is C13H24ClN3O3. The molecule has 2 saturated heterocycles. The van der Waals surface area contributed by atoms with Gasteiger partial charge in [0, 0.05) is 38.5 Å². The molecule has 0 saturated carbocycles. The predicted molar refractivity (Wildman–Crippen MR) is 77.9 cm³/mol. The van der Waals surface area contributed by atoms with Gasteiger partial charge in [-0.2, -0.15) is 0 Å². The highest BCUT2D eigenvalue weighted by Gasteiger charge is 2.18. The van der Waals surface area contributed by atoms with E-state index in [1.807, 2.05) is 0 Å². The zero-order valence-electron chi connectivity index (χ0n) is 11.7. The lowest BCUT2D eigenvalue weighted by Gasteiger charge is -2.26. The molecule has 2 heterocycles. The first-order chi connectivity index (χ1) is 9.25. The van der Waals surface area contributed by atoms with Crippen molar-refractivity contribution in [3.63, 3.8) is 0 Å². The second kappa shape index (κ2) is 9.15. The minimum Gasteiger partial charge on any atom is -0.378 e. The van der Waals surface area contributed by atoms with Crippen LogP contribution >= 0.6 is 12.4 Å². The average molecular weight is 306 g/mol. The number of hydrogen-bond donors (Lipinski definition) is 2. The van der Waals surface area contributed by atoms with Crippen molar-refractivity contribution < 1.29 is 14.3 Å². The Bertz CT molecular complexity index is 316. The van der Waals surface area contributed by atoms with E-state index in [9.17, 15) is 9.59 Å². The van der Waals surface area contributed by atoms with E-state index in [1.54, 1.807) is 4.90 Å². The number of ether oxygens (including phenoxy) is 1. The summed E-state index contributed by atoms with van der Waals surface area (Å²) in [6.45, 7) is 4.20. The highest BCUT2D eigenvalue weighted by molar-refractivity contribution is 5.85. The van der Waals surface area contributed by atoms with Gasteiger partial charge in [-0.25, -0.2) is 0 Å². The first kappa shape index (κ1) is 17.2. The Labute approximate surface area is 126 Å². The average Bonchev–Trinajstić information content (AvgIpc) is 2.96. The molecule has 1 atom stereocenters. The minimum atomic E-state index is -0.0321. The van der Waals surface area contributed by atoms with Crippen LogP contribution in [0.1, 0.15) is 25.7 Å². The summed E-state index contributed by atoms with van der Waals surface area (Å²) in [6, 6.07) is 0.402. The van der Waals surface area contributed by atoms with Gasteiger partial charge in [-0.15, -0.1) is 12.4 Å². The van der Waals surface area contributed by atoms with Gasteiger partial charge in [0.15, 0.2) is 0 Å². The van der Waals surface area contributed by atoms with Crippen molar-refractivity contribution in [3.05, 3.63) is 0 Å². The number of amides is 2. The van der Waals surface area contributed by atoms with E-state index in [1.165, 1.54) is 6.42 Å². The number of hydrogen-bond acceptors (Lipinski definition) is 4. The Morgan fingerprint density at radius 2 is 2.00 bits per heavy atom. The topological polar surface area (TPSA) is 70.7 Å². The van der Waals surface area contributed by atoms with Gasteiger partial charge in [0.25, 0.3) is 0 Å². The summed E-state index contributed by atoms with van der Waals surface area (Å²) in [7, 11) is 0. The quantitative estimate of drug-likeness (QED) is 0.745. The molecule has 116 valence electrons. The van der Waals surface area contributed by atoms with Crippen molar-refractivity contribution in [2.45, 2.75) is 31.7 Å². The van der Waals surface area contributed by atoms with Crippen molar-refractivity contribution in [2.75, 3.05) is 39.4 Å². The van der Waals surface area contributed by atoms with Crippen LogP contribution in [-0.2, 0) is 14.3 Å². The predicted octanol–water partition coefficient (Wildman–Crippen LogP) is -0.0846. The van der Waals surface area contributed by atoms with Crippen LogP contribution in [-0.4, -0.2) is 62.1 Å². The van der Waals surface area contributed by atoms with E-state index in [4.69, 9.17) is 4.74 Å². The Balaban J connectivity index is 0.00000200. The maximum atomic E-state index is 11.8. The molecule has 0 aromatic rings. The molecule has 0 radical (unpaired) electrons. The summed E-state index contributed by atoms with van der Waals surface area (Å²) in [5.74, 6) is 0.0211. The van der Waals surface area contributed by atoms with Crippen molar-refractivity contribution in [1.82, 2.24) is 15.5 Å². The fourth-order valence-electron chi connectivity index (χ4n) is 2.45. The van der Waals surface area contributed by atoms with Crippen molar-refractivity contribution in [1.29, 1.82) is 0 Å². The number of carbonyl (C=O) groups is 2. The third-order valence-corrected chi connectivity index (χ3v) is 3.64. The number of nitrogens with one attached hydrogen (secondary N) is 2. The SMILES string of the molecule is Cl.O=C(CCC(=O)N1CCOCC1)NCC1CCCN1. The number of morpholine rings is 1. The first-order valence-electron chi connectivity index (χ1n) is 7.11. The van der Waals surface area contributed by atoms with E-state index in [0.717, 1.165) is 13.0 Å². The van der Waals surface area contributed by atoms with E-state index in [2.05, 4.69) is 10.6 Å². The molecule has 2 fully saturated rings. The summed E-state index contributed by atoms with van der Waals surface area (Å²) < 4.78 is 5.19. The standard InChI is InChI=1S/C13H23N3O3.ClH/c17-12(15-10-11-2-1-5-14-11)3-4-13(18)16-6-8-19-9-7-16;/h11,14H,1-10H2,(H,15,17);1H. The summed E-state index contributed by atoms with van der Waals surface area (Å²) >= 11 is 0. The number of carbonyl (C=O) groups excluding carboxylic acids is 2. The van der Waals surface area contributed by atoms with Crippen LogP contribution in [0.2, 0.25) is 0 Å². The van der Waals surface area contributed by atoms with Gasteiger partial charge in [-0.3, -0.25) is 9.59 Å². The number of nitrogens with zero attached hydrogens (tertiary/aromatic N) is 1. The first-order valence-corrected chi connectivity index (χ1v) is 7.11. The fraction of sp³-hybridized carbons (Fsp3) is 0.846. The lowest BCUT2D eigenvalue weighted by Crippen LogP contribution is -2.41. The smallest absolute Gasteiger partial charge is 0.223 e. The van der Waals surface area contributed by atoms with Gasteiger partial charge in [0.2, 0.25) is 11.8 Å². The third-order valence-electron chi connectivity index (χ3n) is 3.64. The Kier molecular flexibility index (Phi) is 7.87. The van der Waals surface area contributed by atoms with Gasteiger partial charge < -0.3 is 20.3 Å². The molecule has 0 bridgehead atoms. The summed E-state index contributed by atoms with van der Waals surface area (Å²) in [4.78, 5) is 25.3. The molecule has 6 nitrogen and oxygen atoms in total. The van der Waals surface area contributed by atoms with Crippen LogP contribution in [0.15, 0.2) is 0 Å². The van der Waals surface area contributed by atoms with E-state index < -0.39 is 0 Å². The van der Waals surface area contributed by atoms with Gasteiger partial charge in [-0.05, 0) is 19.4 Å². The van der Waals surface area contributed by atoms with Crippen molar-refractivity contribution >= 4 is 24.2 Å². The monoisotopic (exact) mass is 305 g/mol. The van der Waals surface area contributed by atoms with Crippen LogP contribution in [0.4, 0.5) is 0 Å². The highest BCUT2D eigenvalue weighted by atomic mass is 35.5. The maximum Gasteiger partial charge on any atom is 0.223 e. The fourth-order valence-corrected chi connectivity index (χ4v) is 2.45. The van der Waals surface area contributed by atoms with Crippen LogP contribution in [0, 0.1) is 0 Å². The second-order valence-corrected chi connectivity index (χ2v) is 5.09. The molecule has 2 aliphatic heterocycles. The van der Waals surface area contributed by atoms with Crippen LogP contribution in [0.25, 0.3) is 0 Å². The number of rotatable bonds is 5. The molecule has 2 N–H and O–H groups in total. The van der Waals surface area contributed by atoms with Gasteiger partial charge in [-0.1, -0.05) is 0 Å². The summed E-state index contributed by atoms with van der Waals surface area (Å²) in [5, 5.41) is 6.21. The normalized spacial score (nSPS) is 22.2. The third kappa shape index (κ3) is 5.64.